The van der Waals surface area contributed by atoms with E-state index in [2.05, 4.69) is 10.3 Å². The predicted octanol–water partition coefficient (Wildman–Crippen LogP) is 1.20. The number of hydrogen-bond donors (Lipinski definition) is 3. The van der Waals surface area contributed by atoms with Crippen LogP contribution in [-0.4, -0.2) is 35.3 Å². The number of nitrogens with zero attached hydrogens (tertiary/aromatic N) is 1. The van der Waals surface area contributed by atoms with Gasteiger partial charge < -0.3 is 20.9 Å². The van der Waals surface area contributed by atoms with E-state index in [4.69, 9.17) is 15.6 Å². The molecular formula is C11H17N3O3. The number of ether oxygens (including phenoxy) is 1. The Balaban J connectivity index is 2.77. The van der Waals surface area contributed by atoms with Crippen LogP contribution in [0.15, 0.2) is 12.3 Å². The number of nitrogens with two attached hydrogens (primary N) is 1. The number of hydrogen-bond acceptors (Lipinski definition) is 5. The van der Waals surface area contributed by atoms with E-state index >= 15 is 0 Å². The van der Waals surface area contributed by atoms with Crippen molar-refractivity contribution in [2.75, 3.05) is 24.3 Å². The van der Waals surface area contributed by atoms with Gasteiger partial charge in [0.2, 0.25) is 0 Å². The molecule has 1 heterocycles. The normalized spacial score (nSPS) is 12.1. The number of aromatic nitrogens is 1. The van der Waals surface area contributed by atoms with E-state index in [9.17, 15) is 4.79 Å². The third-order valence-electron chi connectivity index (χ3n) is 2.18. The van der Waals surface area contributed by atoms with Crippen LogP contribution in [0.3, 0.4) is 0 Å². The predicted molar refractivity (Wildman–Crippen MR) is 65.2 cm³/mol. The van der Waals surface area contributed by atoms with Crippen LogP contribution in [0.25, 0.3) is 0 Å². The molecular weight excluding hydrogens is 222 g/mol. The van der Waals surface area contributed by atoms with E-state index in [0.717, 1.165) is 0 Å². The molecule has 94 valence electrons. The Bertz CT molecular complexity index is 396. The number of carbonyl (C=O) groups is 1. The van der Waals surface area contributed by atoms with Gasteiger partial charge >= 0.3 is 5.97 Å². The van der Waals surface area contributed by atoms with E-state index in [1.54, 1.807) is 0 Å². The van der Waals surface area contributed by atoms with Gasteiger partial charge in [-0.3, -0.25) is 0 Å². The molecule has 0 aromatic carbocycles. The minimum absolute atomic E-state index is 0.00814. The number of nitrogen functional groups attached to an aromatic ring is 1. The first-order valence-electron chi connectivity index (χ1n) is 5.38. The Labute approximate surface area is 99.8 Å². The molecule has 0 saturated heterocycles. The summed E-state index contributed by atoms with van der Waals surface area (Å²) >= 11 is 0. The monoisotopic (exact) mass is 239 g/mol. The maximum atomic E-state index is 10.9. The SMILES string of the molecule is CCOCC(C)Nc1nccc(C(=O)O)c1N. The van der Waals surface area contributed by atoms with Gasteiger partial charge in [0.15, 0.2) is 0 Å². The number of anilines is 2. The summed E-state index contributed by atoms with van der Waals surface area (Å²) in [7, 11) is 0. The third-order valence-corrected chi connectivity index (χ3v) is 2.18. The van der Waals surface area contributed by atoms with Gasteiger partial charge in [0, 0.05) is 18.8 Å². The number of carboxylic acid groups (broad SMARTS) is 1. The maximum absolute atomic E-state index is 10.9. The lowest BCUT2D eigenvalue weighted by molar-refractivity contribution is 0.0698. The number of aromatic carboxylic acids is 1. The van der Waals surface area contributed by atoms with Gasteiger partial charge in [-0.2, -0.15) is 0 Å². The Hall–Kier alpha value is -1.82. The van der Waals surface area contributed by atoms with Gasteiger partial charge in [-0.15, -0.1) is 0 Å². The Kier molecular flexibility index (Phi) is 4.71. The second-order valence-electron chi connectivity index (χ2n) is 3.63. The molecule has 1 rings (SSSR count). The molecule has 0 aliphatic rings. The molecule has 1 aromatic heterocycles. The van der Waals surface area contributed by atoms with Crippen LogP contribution in [0.1, 0.15) is 24.2 Å². The highest BCUT2D eigenvalue weighted by atomic mass is 16.5. The summed E-state index contributed by atoms with van der Waals surface area (Å²) in [4.78, 5) is 14.9. The van der Waals surface area contributed by atoms with Crippen molar-refractivity contribution in [3.8, 4) is 0 Å². The lowest BCUT2D eigenvalue weighted by Gasteiger charge is -2.16. The third kappa shape index (κ3) is 3.60. The van der Waals surface area contributed by atoms with Crippen molar-refractivity contribution in [2.45, 2.75) is 19.9 Å². The molecule has 1 atom stereocenters. The summed E-state index contributed by atoms with van der Waals surface area (Å²) in [5, 5.41) is 11.9. The fourth-order valence-corrected chi connectivity index (χ4v) is 1.34. The van der Waals surface area contributed by atoms with Crippen LogP contribution in [0.5, 0.6) is 0 Å². The highest BCUT2D eigenvalue weighted by Gasteiger charge is 2.13. The number of pyridine rings is 1. The Morgan fingerprint density at radius 1 is 1.71 bits per heavy atom. The molecule has 0 saturated carbocycles. The van der Waals surface area contributed by atoms with Gasteiger partial charge in [-0.1, -0.05) is 0 Å². The summed E-state index contributed by atoms with van der Waals surface area (Å²) in [6.07, 6.45) is 1.41. The highest BCUT2D eigenvalue weighted by molar-refractivity contribution is 5.96. The van der Waals surface area contributed by atoms with E-state index < -0.39 is 5.97 Å². The summed E-state index contributed by atoms with van der Waals surface area (Å²) in [6, 6.07) is 1.38. The lowest BCUT2D eigenvalue weighted by Crippen LogP contribution is -2.23. The van der Waals surface area contributed by atoms with Crippen LogP contribution >= 0.6 is 0 Å². The van der Waals surface area contributed by atoms with Crippen molar-refractivity contribution in [3.63, 3.8) is 0 Å². The molecule has 1 unspecified atom stereocenters. The maximum Gasteiger partial charge on any atom is 0.337 e. The molecule has 0 spiro atoms. The van der Waals surface area contributed by atoms with Crippen LogP contribution in [-0.2, 0) is 4.74 Å². The molecule has 0 fully saturated rings. The molecule has 0 aliphatic carbocycles. The second-order valence-corrected chi connectivity index (χ2v) is 3.63. The van der Waals surface area contributed by atoms with Gasteiger partial charge in [0.05, 0.1) is 17.9 Å². The van der Waals surface area contributed by atoms with Gasteiger partial charge in [-0.05, 0) is 19.9 Å². The van der Waals surface area contributed by atoms with E-state index in [1.165, 1.54) is 12.3 Å². The van der Waals surface area contributed by atoms with Crippen molar-refractivity contribution in [1.82, 2.24) is 4.98 Å². The smallest absolute Gasteiger partial charge is 0.337 e. The quantitative estimate of drug-likeness (QED) is 0.690. The number of carboxylic acids is 1. The van der Waals surface area contributed by atoms with Crippen LogP contribution in [0.2, 0.25) is 0 Å². The van der Waals surface area contributed by atoms with Crippen molar-refractivity contribution >= 4 is 17.5 Å². The van der Waals surface area contributed by atoms with Crippen molar-refractivity contribution < 1.29 is 14.6 Å². The fraction of sp³-hybridized carbons (Fsp3) is 0.455. The van der Waals surface area contributed by atoms with Gasteiger partial charge in [0.25, 0.3) is 0 Å². The molecule has 0 bridgehead atoms. The average molecular weight is 239 g/mol. The van der Waals surface area contributed by atoms with E-state index in [0.29, 0.717) is 19.0 Å². The van der Waals surface area contributed by atoms with Gasteiger partial charge in [-0.25, -0.2) is 9.78 Å². The zero-order valence-corrected chi connectivity index (χ0v) is 9.93. The second kappa shape index (κ2) is 6.05. The Morgan fingerprint density at radius 2 is 2.41 bits per heavy atom. The topological polar surface area (TPSA) is 97.5 Å². The molecule has 0 radical (unpaired) electrons. The van der Waals surface area contributed by atoms with Crippen LogP contribution < -0.4 is 11.1 Å². The van der Waals surface area contributed by atoms with Crippen LogP contribution in [0, 0.1) is 0 Å². The molecule has 6 heteroatoms. The van der Waals surface area contributed by atoms with Crippen LogP contribution in [0.4, 0.5) is 11.5 Å². The van der Waals surface area contributed by atoms with Crippen molar-refractivity contribution in [3.05, 3.63) is 17.8 Å². The molecule has 6 nitrogen and oxygen atoms in total. The first kappa shape index (κ1) is 13.2. The minimum Gasteiger partial charge on any atom is -0.478 e. The molecule has 1 aromatic rings. The largest absolute Gasteiger partial charge is 0.478 e. The first-order valence-corrected chi connectivity index (χ1v) is 5.38. The molecule has 0 aliphatic heterocycles. The van der Waals surface area contributed by atoms with Crippen molar-refractivity contribution in [2.24, 2.45) is 0 Å². The summed E-state index contributed by atoms with van der Waals surface area (Å²) in [5.41, 5.74) is 5.90. The van der Waals surface area contributed by atoms with E-state index in [1.807, 2.05) is 13.8 Å². The number of nitrogens with one attached hydrogen (secondary N) is 1. The number of rotatable bonds is 6. The molecule has 17 heavy (non-hydrogen) atoms. The lowest BCUT2D eigenvalue weighted by atomic mass is 10.2. The standard InChI is InChI=1S/C11H17N3O3/c1-3-17-6-7(2)14-10-9(12)8(11(15)16)4-5-13-10/h4-5,7H,3,6,12H2,1-2H3,(H,13,14)(H,15,16). The van der Waals surface area contributed by atoms with E-state index in [-0.39, 0.29) is 17.3 Å². The summed E-state index contributed by atoms with van der Waals surface area (Å²) in [5.74, 6) is -0.692. The molecule has 4 N–H and O–H groups in total. The minimum atomic E-state index is -1.06. The first-order chi connectivity index (χ1) is 8.06. The molecule has 0 amide bonds. The van der Waals surface area contributed by atoms with Crippen molar-refractivity contribution in [1.29, 1.82) is 0 Å². The summed E-state index contributed by atoms with van der Waals surface area (Å²) < 4.78 is 5.24. The highest BCUT2D eigenvalue weighted by Crippen LogP contribution is 2.20. The zero-order chi connectivity index (χ0) is 12.8. The summed E-state index contributed by atoms with van der Waals surface area (Å²) in [6.45, 7) is 4.95. The fourth-order valence-electron chi connectivity index (χ4n) is 1.34. The zero-order valence-electron chi connectivity index (χ0n) is 9.93. The van der Waals surface area contributed by atoms with Gasteiger partial charge in [0.1, 0.15) is 5.82 Å². The average Bonchev–Trinajstić information content (AvgIpc) is 2.28. The Morgan fingerprint density at radius 3 is 3.00 bits per heavy atom.